The standard InChI is InChI=1S/C22H20AsN3O6S/c24-22(30)23-16-7-3-5-14(11-16)21(29)26-17-8-1-2-9-18(17)33(31,32)19(12-20(27)28)15-6-4-10-25-13-15/h1-11,13,19,23H,12H2,(H2,24,30)(H,26,29)(H,27,28). The molecule has 2 unspecified atom stereocenters. The summed E-state index contributed by atoms with van der Waals surface area (Å²) >= 11 is -1.25. The van der Waals surface area contributed by atoms with Crippen LogP contribution in [-0.4, -0.2) is 50.8 Å². The van der Waals surface area contributed by atoms with Crippen LogP contribution in [0.1, 0.15) is 27.6 Å². The topological polar surface area (TPSA) is 157 Å². The van der Waals surface area contributed by atoms with E-state index in [0.717, 1.165) is 0 Å². The zero-order valence-corrected chi connectivity index (χ0v) is 20.0. The van der Waals surface area contributed by atoms with E-state index in [2.05, 4.69) is 10.3 Å². The number of hydrogen-bond acceptors (Lipinski definition) is 6. The molecule has 0 saturated heterocycles. The Morgan fingerprint density at radius 3 is 2.48 bits per heavy atom. The number of nitrogens with one attached hydrogen (secondary N) is 1. The Balaban J connectivity index is 1.97. The van der Waals surface area contributed by atoms with Gasteiger partial charge in [0, 0.05) is 6.20 Å². The van der Waals surface area contributed by atoms with Crippen LogP contribution in [0.2, 0.25) is 0 Å². The second-order valence-corrected chi connectivity index (χ2v) is 11.8. The molecule has 0 aliphatic heterocycles. The van der Waals surface area contributed by atoms with Gasteiger partial charge in [0.05, 0.1) is 0 Å². The van der Waals surface area contributed by atoms with Crippen molar-refractivity contribution in [2.75, 3.05) is 5.32 Å². The first kappa shape index (κ1) is 24.2. The number of benzene rings is 2. The van der Waals surface area contributed by atoms with Crippen LogP contribution >= 0.6 is 0 Å². The Bertz CT molecular complexity index is 1300. The van der Waals surface area contributed by atoms with Gasteiger partial charge in [0.15, 0.2) is 0 Å². The van der Waals surface area contributed by atoms with E-state index in [1.807, 2.05) is 0 Å². The van der Waals surface area contributed by atoms with E-state index in [1.54, 1.807) is 24.3 Å². The summed E-state index contributed by atoms with van der Waals surface area (Å²) in [5.41, 5.74) is 5.73. The van der Waals surface area contributed by atoms with Gasteiger partial charge < -0.3 is 0 Å². The number of amides is 2. The molecule has 0 fully saturated rings. The number of anilines is 1. The zero-order chi connectivity index (χ0) is 24.0. The van der Waals surface area contributed by atoms with E-state index in [0.29, 0.717) is 4.35 Å². The summed E-state index contributed by atoms with van der Waals surface area (Å²) < 4.78 is 27.2. The van der Waals surface area contributed by atoms with E-state index >= 15 is 0 Å². The minimum absolute atomic E-state index is 0.0121. The maximum absolute atomic E-state index is 13.5. The van der Waals surface area contributed by atoms with Crippen LogP contribution in [0.15, 0.2) is 78.0 Å². The number of aliphatic carboxylic acids is 1. The van der Waals surface area contributed by atoms with Gasteiger partial charge in [-0.15, -0.1) is 0 Å². The predicted octanol–water partition coefficient (Wildman–Crippen LogP) is 1.46. The molecule has 3 aromatic rings. The van der Waals surface area contributed by atoms with Crippen molar-refractivity contribution in [1.82, 2.24) is 4.98 Å². The number of carbonyl (C=O) groups is 3. The fraction of sp³-hybridized carbons (Fsp3) is 0.0909. The molecule has 1 aromatic heterocycles. The minimum atomic E-state index is -4.22. The van der Waals surface area contributed by atoms with Crippen LogP contribution in [-0.2, 0) is 14.6 Å². The zero-order valence-electron chi connectivity index (χ0n) is 17.1. The van der Waals surface area contributed by atoms with Gasteiger partial charge in [0.2, 0.25) is 0 Å². The van der Waals surface area contributed by atoms with E-state index in [4.69, 9.17) is 5.73 Å². The summed E-state index contributed by atoms with van der Waals surface area (Å²) in [5, 5.41) is 10.5. The molecule has 4 N–H and O–H groups in total. The number of primary amides is 1. The molecule has 0 aliphatic rings. The van der Waals surface area contributed by atoms with Gasteiger partial charge in [0.25, 0.3) is 0 Å². The Kier molecular flexibility index (Phi) is 7.63. The number of rotatable bonds is 9. The molecule has 2 amide bonds. The number of carboxylic acids is 1. The summed E-state index contributed by atoms with van der Waals surface area (Å²) in [6.45, 7) is 0. The first-order valence-electron chi connectivity index (χ1n) is 9.61. The second-order valence-electron chi connectivity index (χ2n) is 6.94. The molecule has 2 aromatic carbocycles. The van der Waals surface area contributed by atoms with E-state index < -0.39 is 53.8 Å². The van der Waals surface area contributed by atoms with Gasteiger partial charge in [-0.2, -0.15) is 0 Å². The molecular weight excluding hydrogens is 509 g/mol. The number of sulfone groups is 1. The molecule has 0 radical (unpaired) electrons. The van der Waals surface area contributed by atoms with Gasteiger partial charge in [-0.1, -0.05) is 0 Å². The average Bonchev–Trinajstić information content (AvgIpc) is 2.78. The first-order chi connectivity index (χ1) is 15.7. The van der Waals surface area contributed by atoms with E-state index in [1.165, 1.54) is 48.8 Å². The van der Waals surface area contributed by atoms with Crippen LogP contribution in [0, 0.1) is 0 Å². The van der Waals surface area contributed by atoms with Crippen molar-refractivity contribution in [3.63, 3.8) is 0 Å². The number of pyridine rings is 1. The van der Waals surface area contributed by atoms with Crippen molar-refractivity contribution < 1.29 is 27.9 Å². The maximum atomic E-state index is 13.5. The van der Waals surface area contributed by atoms with Crippen LogP contribution in [0.3, 0.4) is 0 Å². The molecule has 0 spiro atoms. The van der Waals surface area contributed by atoms with Crippen LogP contribution in [0.4, 0.5) is 10.5 Å². The van der Waals surface area contributed by atoms with Crippen molar-refractivity contribution in [2.24, 2.45) is 5.73 Å². The normalized spacial score (nSPS) is 12.4. The van der Waals surface area contributed by atoms with Crippen molar-refractivity contribution in [3.8, 4) is 0 Å². The molecule has 0 bridgehead atoms. The van der Waals surface area contributed by atoms with Crippen molar-refractivity contribution in [2.45, 2.75) is 16.6 Å². The fourth-order valence-corrected chi connectivity index (χ4v) is 6.49. The van der Waals surface area contributed by atoms with Gasteiger partial charge in [-0.3, -0.25) is 0 Å². The van der Waals surface area contributed by atoms with Crippen molar-refractivity contribution >= 4 is 52.2 Å². The third-order valence-corrected chi connectivity index (χ3v) is 8.56. The Morgan fingerprint density at radius 2 is 1.82 bits per heavy atom. The number of carbonyl (C=O) groups excluding carboxylic acids is 2. The fourth-order valence-electron chi connectivity index (χ4n) is 3.18. The van der Waals surface area contributed by atoms with Crippen LogP contribution < -0.4 is 15.4 Å². The molecule has 0 aliphatic carbocycles. The SMILES string of the molecule is NC(=O)[AsH]c1cccc(C(=O)Nc2ccccc2S(=O)(=O)C(CC(=O)O)c2cccnc2)c1. The van der Waals surface area contributed by atoms with Gasteiger partial charge in [-0.25, -0.2) is 0 Å². The number of nitrogens with zero attached hydrogens (tertiary/aromatic N) is 1. The summed E-state index contributed by atoms with van der Waals surface area (Å²) in [6, 6.07) is 15.2. The number of hydrogen-bond donors (Lipinski definition) is 3. The third-order valence-electron chi connectivity index (χ3n) is 4.62. The number of carboxylic acid groups (broad SMARTS) is 1. The number of aromatic nitrogens is 1. The number of para-hydroxylation sites is 1. The molecule has 9 nitrogen and oxygen atoms in total. The summed E-state index contributed by atoms with van der Waals surface area (Å²) in [7, 11) is -4.22. The molecular formula is C22H20AsN3O6S. The van der Waals surface area contributed by atoms with Crippen molar-refractivity contribution in [1.29, 1.82) is 0 Å². The summed E-state index contributed by atoms with van der Waals surface area (Å²) in [6.07, 6.45) is 2.09. The van der Waals surface area contributed by atoms with Gasteiger partial charge >= 0.3 is 191 Å². The van der Waals surface area contributed by atoms with Crippen LogP contribution in [0.5, 0.6) is 0 Å². The molecule has 2 atom stereocenters. The molecule has 1 heterocycles. The first-order valence-corrected chi connectivity index (χ1v) is 13.3. The molecule has 3 rings (SSSR count). The second kappa shape index (κ2) is 10.4. The Labute approximate surface area is 196 Å². The molecule has 170 valence electrons. The average molecular weight is 529 g/mol. The Morgan fingerprint density at radius 1 is 1.06 bits per heavy atom. The van der Waals surface area contributed by atoms with Crippen LogP contribution in [0.25, 0.3) is 0 Å². The Hall–Kier alpha value is -3.49. The predicted molar refractivity (Wildman–Crippen MR) is 124 cm³/mol. The summed E-state index contributed by atoms with van der Waals surface area (Å²) in [5.74, 6) is -1.87. The molecule has 11 heteroatoms. The molecule has 33 heavy (non-hydrogen) atoms. The number of nitrogens with two attached hydrogens (primary N) is 1. The third kappa shape index (κ3) is 6.06. The van der Waals surface area contributed by atoms with E-state index in [9.17, 15) is 27.9 Å². The van der Waals surface area contributed by atoms with E-state index in [-0.39, 0.29) is 21.7 Å². The van der Waals surface area contributed by atoms with Gasteiger partial charge in [-0.05, 0) is 0 Å². The monoisotopic (exact) mass is 529 g/mol. The quantitative estimate of drug-likeness (QED) is 0.354. The molecule has 0 saturated carbocycles. The van der Waals surface area contributed by atoms with Gasteiger partial charge in [0.1, 0.15) is 0 Å². The summed E-state index contributed by atoms with van der Waals surface area (Å²) in [4.78, 5) is 39.2. The van der Waals surface area contributed by atoms with Crippen molar-refractivity contribution in [3.05, 3.63) is 84.2 Å².